The number of Topliss-reactive ketones (excluding diaryl/α,β-unsaturated/α-hetero) is 1. The molecule has 17 heavy (non-hydrogen) atoms. The van der Waals surface area contributed by atoms with Crippen molar-refractivity contribution in [3.05, 3.63) is 29.8 Å². The number of benzene rings is 1. The normalized spacial score (nSPS) is 13.2. The van der Waals surface area contributed by atoms with E-state index < -0.39 is 17.8 Å². The largest absolute Gasteiger partial charge is 0.490 e. The number of halogens is 3. The van der Waals surface area contributed by atoms with E-state index in [0.717, 1.165) is 12.1 Å². The Kier molecular flexibility index (Phi) is 4.15. The molecular weight excluding hydrogens is 233 g/mol. The summed E-state index contributed by atoms with van der Waals surface area (Å²) < 4.78 is 42.5. The zero-order chi connectivity index (χ0) is 13.1. The molecule has 0 saturated carbocycles. The Hall–Kier alpha value is -1.52. The summed E-state index contributed by atoms with van der Waals surface area (Å²) in [5.74, 6) is 0.0538. The molecule has 0 bridgehead atoms. The van der Waals surface area contributed by atoms with Gasteiger partial charge in [0.25, 0.3) is 0 Å². The number of hydrogen-bond donors (Lipinski definition) is 0. The minimum absolute atomic E-state index is 0.0653. The molecule has 1 aromatic rings. The molecule has 0 aliphatic carbocycles. The number of carbonyl (C=O) groups is 1. The Morgan fingerprint density at radius 2 is 2.06 bits per heavy atom. The zero-order valence-electron chi connectivity index (χ0n) is 9.54. The molecule has 94 valence electrons. The summed E-state index contributed by atoms with van der Waals surface area (Å²) in [6, 6.07) is 4.61. The van der Waals surface area contributed by atoms with Gasteiger partial charge in [0.1, 0.15) is 17.6 Å². The highest BCUT2D eigenvalue weighted by Crippen LogP contribution is 2.31. The summed E-state index contributed by atoms with van der Waals surface area (Å²) in [5.41, 5.74) is -0.759. The summed E-state index contributed by atoms with van der Waals surface area (Å²) in [4.78, 5) is 10.8. The first-order valence-corrected chi connectivity index (χ1v) is 5.12. The minimum Gasteiger partial charge on any atom is -0.490 e. The van der Waals surface area contributed by atoms with Crippen LogP contribution in [0.1, 0.15) is 25.8 Å². The molecule has 0 aromatic heterocycles. The van der Waals surface area contributed by atoms with E-state index in [1.165, 1.54) is 19.1 Å². The monoisotopic (exact) mass is 246 g/mol. The first kappa shape index (κ1) is 13.5. The van der Waals surface area contributed by atoms with E-state index in [1.54, 1.807) is 6.92 Å². The van der Waals surface area contributed by atoms with Crippen LogP contribution in [0.4, 0.5) is 13.2 Å². The van der Waals surface area contributed by atoms with Crippen molar-refractivity contribution in [3.63, 3.8) is 0 Å². The summed E-state index contributed by atoms with van der Waals surface area (Å²) in [7, 11) is 0. The van der Waals surface area contributed by atoms with Crippen LogP contribution >= 0.6 is 0 Å². The van der Waals surface area contributed by atoms with Crippen LogP contribution in [-0.4, -0.2) is 11.9 Å². The Morgan fingerprint density at radius 1 is 1.41 bits per heavy atom. The van der Waals surface area contributed by atoms with E-state index in [2.05, 4.69) is 0 Å². The molecule has 1 rings (SSSR count). The highest BCUT2D eigenvalue weighted by Gasteiger charge is 2.30. The van der Waals surface area contributed by atoms with Gasteiger partial charge in [-0.15, -0.1) is 0 Å². The molecule has 0 spiro atoms. The van der Waals surface area contributed by atoms with Crippen LogP contribution in [0.5, 0.6) is 5.75 Å². The lowest BCUT2D eigenvalue weighted by molar-refractivity contribution is -0.137. The third-order valence-electron chi connectivity index (χ3n) is 2.07. The fourth-order valence-corrected chi connectivity index (χ4v) is 1.42. The van der Waals surface area contributed by atoms with Crippen LogP contribution in [-0.2, 0) is 11.0 Å². The molecule has 0 heterocycles. The summed E-state index contributed by atoms with van der Waals surface area (Å²) in [5, 5.41) is 0. The predicted octanol–water partition coefficient (Wildman–Crippen LogP) is 3.45. The Bertz CT molecular complexity index is 399. The molecule has 5 heteroatoms. The van der Waals surface area contributed by atoms with Crippen molar-refractivity contribution in [3.8, 4) is 5.75 Å². The van der Waals surface area contributed by atoms with E-state index >= 15 is 0 Å². The number of rotatable bonds is 4. The maximum Gasteiger partial charge on any atom is 0.416 e. The second kappa shape index (κ2) is 5.21. The summed E-state index contributed by atoms with van der Waals surface area (Å²) in [6.07, 6.45) is -4.64. The first-order valence-electron chi connectivity index (χ1n) is 5.12. The quantitative estimate of drug-likeness (QED) is 0.813. The fourth-order valence-electron chi connectivity index (χ4n) is 1.42. The van der Waals surface area contributed by atoms with Gasteiger partial charge in [-0.25, -0.2) is 0 Å². The van der Waals surface area contributed by atoms with Gasteiger partial charge in [0.2, 0.25) is 0 Å². The Morgan fingerprint density at radius 3 is 2.59 bits per heavy atom. The molecule has 0 aliphatic rings. The van der Waals surface area contributed by atoms with Crippen LogP contribution in [0, 0.1) is 0 Å². The smallest absolute Gasteiger partial charge is 0.416 e. The van der Waals surface area contributed by atoms with E-state index in [9.17, 15) is 18.0 Å². The summed E-state index contributed by atoms with van der Waals surface area (Å²) in [6.45, 7) is 3.05. The number of ether oxygens (including phenoxy) is 1. The van der Waals surface area contributed by atoms with Crippen LogP contribution in [0.25, 0.3) is 0 Å². The van der Waals surface area contributed by atoms with E-state index in [0.29, 0.717) is 0 Å². The number of carbonyl (C=O) groups excluding carboxylic acids is 1. The minimum atomic E-state index is -4.39. The topological polar surface area (TPSA) is 26.3 Å². The molecule has 0 fully saturated rings. The molecule has 2 nitrogen and oxygen atoms in total. The first-order chi connectivity index (χ1) is 7.79. The van der Waals surface area contributed by atoms with Gasteiger partial charge >= 0.3 is 6.18 Å². The average Bonchev–Trinajstić information content (AvgIpc) is 2.15. The molecule has 0 N–H and O–H groups in total. The molecule has 1 atom stereocenters. The highest BCUT2D eigenvalue weighted by molar-refractivity contribution is 5.75. The van der Waals surface area contributed by atoms with Crippen molar-refractivity contribution >= 4 is 5.78 Å². The Balaban J connectivity index is 2.76. The van der Waals surface area contributed by atoms with Gasteiger partial charge in [0, 0.05) is 6.42 Å². The van der Waals surface area contributed by atoms with Crippen LogP contribution in [0.2, 0.25) is 0 Å². The molecule has 1 unspecified atom stereocenters. The second-order valence-corrected chi connectivity index (χ2v) is 3.86. The van der Waals surface area contributed by atoms with E-state index in [-0.39, 0.29) is 18.0 Å². The van der Waals surface area contributed by atoms with Gasteiger partial charge in [-0.2, -0.15) is 13.2 Å². The standard InChI is InChI=1S/C12H13F3O2/c1-8(16)6-9(2)17-11-5-3-4-10(7-11)12(13,14)15/h3-5,7,9H,6H2,1-2H3. The maximum atomic E-state index is 12.4. The molecule has 0 aliphatic heterocycles. The lowest BCUT2D eigenvalue weighted by Crippen LogP contribution is -2.15. The van der Waals surface area contributed by atoms with Gasteiger partial charge in [0.15, 0.2) is 0 Å². The van der Waals surface area contributed by atoms with Crippen LogP contribution in [0.3, 0.4) is 0 Å². The third-order valence-corrected chi connectivity index (χ3v) is 2.07. The maximum absolute atomic E-state index is 12.4. The summed E-state index contributed by atoms with van der Waals surface area (Å²) >= 11 is 0. The van der Waals surface area contributed by atoms with Crippen LogP contribution in [0.15, 0.2) is 24.3 Å². The predicted molar refractivity (Wildman–Crippen MR) is 56.8 cm³/mol. The molecule has 1 aromatic carbocycles. The number of ketones is 1. The molecular formula is C12H13F3O2. The van der Waals surface area contributed by atoms with Crippen LogP contribution < -0.4 is 4.74 Å². The van der Waals surface area contributed by atoms with E-state index in [1.807, 2.05) is 0 Å². The highest BCUT2D eigenvalue weighted by atomic mass is 19.4. The van der Waals surface area contributed by atoms with E-state index in [4.69, 9.17) is 4.74 Å². The lowest BCUT2D eigenvalue weighted by Gasteiger charge is -2.14. The van der Waals surface area contributed by atoms with Gasteiger partial charge < -0.3 is 4.74 Å². The zero-order valence-corrected chi connectivity index (χ0v) is 9.54. The lowest BCUT2D eigenvalue weighted by atomic mass is 10.2. The van der Waals surface area contributed by atoms with Gasteiger partial charge in [-0.3, -0.25) is 4.79 Å². The van der Waals surface area contributed by atoms with Crippen molar-refractivity contribution in [2.45, 2.75) is 32.5 Å². The van der Waals surface area contributed by atoms with Gasteiger partial charge in [-0.05, 0) is 32.0 Å². The molecule has 0 radical (unpaired) electrons. The molecule has 0 saturated heterocycles. The van der Waals surface area contributed by atoms with Crippen molar-refractivity contribution in [1.82, 2.24) is 0 Å². The second-order valence-electron chi connectivity index (χ2n) is 3.86. The van der Waals surface area contributed by atoms with Crippen molar-refractivity contribution < 1.29 is 22.7 Å². The van der Waals surface area contributed by atoms with Crippen molar-refractivity contribution in [2.75, 3.05) is 0 Å². The van der Waals surface area contributed by atoms with Crippen molar-refractivity contribution in [1.29, 1.82) is 0 Å². The number of alkyl halides is 3. The fraction of sp³-hybridized carbons (Fsp3) is 0.417. The average molecular weight is 246 g/mol. The van der Waals surface area contributed by atoms with Gasteiger partial charge in [0.05, 0.1) is 5.56 Å². The third kappa shape index (κ3) is 4.46. The molecule has 0 amide bonds. The van der Waals surface area contributed by atoms with Crippen molar-refractivity contribution in [2.24, 2.45) is 0 Å². The SMILES string of the molecule is CC(=O)CC(C)Oc1cccc(C(F)(F)F)c1. The Labute approximate surface area is 97.4 Å². The number of hydrogen-bond acceptors (Lipinski definition) is 2. The van der Waals surface area contributed by atoms with Gasteiger partial charge in [-0.1, -0.05) is 6.07 Å².